The third-order valence-corrected chi connectivity index (χ3v) is 12.4. The van der Waals surface area contributed by atoms with Crippen LogP contribution in [-0.4, -0.2) is 98.2 Å². The highest BCUT2D eigenvalue weighted by Gasteiger charge is 2.41. The SMILES string of the molecule is C=CCn1c(=O)c2c(n1-c1ccc3c(n1)[C@@](O)(CC)CC3)NC(Nc1ccc(CCN3CCN(c4cccc5c4CN(C4CCC(=O)NC4=O)C5=O)CC3)cc1)N=C2. The number of carbonyl (C=O) groups is 3. The molecule has 58 heavy (non-hydrogen) atoms. The lowest BCUT2D eigenvalue weighted by Crippen LogP contribution is -2.52. The van der Waals surface area contributed by atoms with Crippen LogP contribution in [0.15, 0.2) is 77.0 Å². The molecule has 15 heteroatoms. The molecular formula is C43H48N10O5. The summed E-state index contributed by atoms with van der Waals surface area (Å²) in [7, 11) is 0. The first-order valence-electron chi connectivity index (χ1n) is 20.2. The minimum Gasteiger partial charge on any atom is -0.384 e. The van der Waals surface area contributed by atoms with Crippen LogP contribution in [0, 0.1) is 0 Å². The quantitative estimate of drug-likeness (QED) is 0.131. The van der Waals surface area contributed by atoms with Crippen LogP contribution in [0.4, 0.5) is 17.2 Å². The zero-order valence-electron chi connectivity index (χ0n) is 32.6. The van der Waals surface area contributed by atoms with E-state index in [0.29, 0.717) is 54.3 Å². The van der Waals surface area contributed by atoms with Crippen molar-refractivity contribution in [1.29, 1.82) is 0 Å². The summed E-state index contributed by atoms with van der Waals surface area (Å²) in [6.07, 6.45) is 6.17. The van der Waals surface area contributed by atoms with E-state index in [2.05, 4.69) is 55.5 Å². The Bertz CT molecular complexity index is 2390. The van der Waals surface area contributed by atoms with Crippen molar-refractivity contribution in [2.75, 3.05) is 48.3 Å². The van der Waals surface area contributed by atoms with Crippen molar-refractivity contribution in [3.8, 4) is 5.82 Å². The number of nitrogens with zero attached hydrogens (tertiary/aromatic N) is 7. The summed E-state index contributed by atoms with van der Waals surface area (Å²) in [5, 5.41) is 20.5. The minimum atomic E-state index is -0.985. The number of allylic oxidation sites excluding steroid dienone is 1. The van der Waals surface area contributed by atoms with Crippen LogP contribution in [0.5, 0.6) is 0 Å². The normalized spacial score (nSPS) is 22.7. The van der Waals surface area contributed by atoms with Crippen LogP contribution in [0.3, 0.4) is 0 Å². The van der Waals surface area contributed by atoms with Crippen molar-refractivity contribution >= 4 is 41.1 Å². The Labute approximate surface area is 336 Å². The third kappa shape index (κ3) is 6.67. The van der Waals surface area contributed by atoms with E-state index in [1.165, 1.54) is 5.56 Å². The van der Waals surface area contributed by atoms with Gasteiger partial charge in [0.05, 0.1) is 12.2 Å². The van der Waals surface area contributed by atoms with E-state index >= 15 is 0 Å². The van der Waals surface area contributed by atoms with Gasteiger partial charge in [-0.2, -0.15) is 0 Å². The van der Waals surface area contributed by atoms with Gasteiger partial charge in [-0.05, 0) is 73.6 Å². The summed E-state index contributed by atoms with van der Waals surface area (Å²) < 4.78 is 3.35. The Morgan fingerprint density at radius 1 is 1.02 bits per heavy atom. The number of benzene rings is 2. The highest BCUT2D eigenvalue weighted by molar-refractivity contribution is 6.06. The highest BCUT2D eigenvalue weighted by atomic mass is 16.3. The number of hydrogen-bond acceptors (Lipinski definition) is 11. The average molecular weight is 785 g/mol. The van der Waals surface area contributed by atoms with Crippen LogP contribution in [-0.2, 0) is 41.1 Å². The minimum absolute atomic E-state index is 0.150. The van der Waals surface area contributed by atoms with Gasteiger partial charge in [0.25, 0.3) is 11.5 Å². The van der Waals surface area contributed by atoms with Crippen molar-refractivity contribution in [3.63, 3.8) is 0 Å². The van der Waals surface area contributed by atoms with Crippen LogP contribution in [0.1, 0.15) is 70.9 Å². The van der Waals surface area contributed by atoms with Gasteiger partial charge in [-0.3, -0.25) is 29.4 Å². The van der Waals surface area contributed by atoms with Crippen molar-refractivity contribution in [1.82, 2.24) is 29.5 Å². The van der Waals surface area contributed by atoms with Gasteiger partial charge in [0, 0.05) is 74.4 Å². The van der Waals surface area contributed by atoms with E-state index in [1.54, 1.807) is 26.6 Å². The number of nitrogens with one attached hydrogen (secondary N) is 3. The molecule has 2 aromatic carbocycles. The molecule has 6 heterocycles. The van der Waals surface area contributed by atoms with Gasteiger partial charge in [0.2, 0.25) is 11.8 Å². The number of aryl methyl sites for hydroxylation is 1. The Kier molecular flexibility index (Phi) is 9.72. The highest BCUT2D eigenvalue weighted by Crippen LogP contribution is 2.39. The van der Waals surface area contributed by atoms with Crippen molar-refractivity contribution in [2.24, 2.45) is 4.99 Å². The van der Waals surface area contributed by atoms with Gasteiger partial charge in [-0.25, -0.2) is 19.3 Å². The first kappa shape index (κ1) is 37.5. The number of rotatable bonds is 11. The molecular weight excluding hydrogens is 737 g/mol. The number of piperidine rings is 1. The summed E-state index contributed by atoms with van der Waals surface area (Å²) in [5.74, 6) is 0.277. The molecule has 15 nitrogen and oxygen atoms in total. The van der Waals surface area contributed by atoms with E-state index in [-0.39, 0.29) is 30.3 Å². The maximum absolute atomic E-state index is 13.5. The molecule has 4 N–H and O–H groups in total. The van der Waals surface area contributed by atoms with E-state index in [4.69, 9.17) is 4.98 Å². The second-order valence-electron chi connectivity index (χ2n) is 15.8. The third-order valence-electron chi connectivity index (χ3n) is 12.4. The zero-order chi connectivity index (χ0) is 40.1. The molecule has 0 radical (unpaired) electrons. The van der Waals surface area contributed by atoms with Crippen molar-refractivity contribution in [2.45, 2.75) is 76.5 Å². The predicted molar refractivity (Wildman–Crippen MR) is 220 cm³/mol. The number of aliphatic imine (C=N–C) groups is 1. The number of amides is 3. The molecule has 0 spiro atoms. The van der Waals surface area contributed by atoms with E-state index in [1.807, 2.05) is 43.3 Å². The second kappa shape index (κ2) is 15.0. The number of piperazine rings is 1. The Hall–Kier alpha value is -6.06. The van der Waals surface area contributed by atoms with Crippen LogP contribution in [0.2, 0.25) is 0 Å². The summed E-state index contributed by atoms with van der Waals surface area (Å²) in [4.78, 5) is 67.1. The lowest BCUT2D eigenvalue weighted by atomic mass is 9.98. The number of pyridine rings is 1. The number of hydrogen-bond donors (Lipinski definition) is 4. The summed E-state index contributed by atoms with van der Waals surface area (Å²) in [5.41, 5.74) is 5.67. The summed E-state index contributed by atoms with van der Waals surface area (Å²) in [6.45, 7) is 10.8. The van der Waals surface area contributed by atoms with Gasteiger partial charge in [0.15, 0.2) is 12.1 Å². The predicted octanol–water partition coefficient (Wildman–Crippen LogP) is 3.13. The first-order chi connectivity index (χ1) is 28.1. The van der Waals surface area contributed by atoms with Crippen molar-refractivity contribution < 1.29 is 19.5 Å². The fraction of sp³-hybridized carbons (Fsp3) is 0.395. The number of aliphatic hydroxyl groups is 1. The van der Waals surface area contributed by atoms with Gasteiger partial charge in [0.1, 0.15) is 23.0 Å². The van der Waals surface area contributed by atoms with Crippen LogP contribution < -0.4 is 26.4 Å². The molecule has 2 aromatic heterocycles. The fourth-order valence-electron chi connectivity index (χ4n) is 9.03. The lowest BCUT2D eigenvalue weighted by Gasteiger charge is -2.37. The van der Waals surface area contributed by atoms with Gasteiger partial charge >= 0.3 is 0 Å². The molecule has 3 amide bonds. The molecule has 9 rings (SSSR count). The lowest BCUT2D eigenvalue weighted by molar-refractivity contribution is -0.136. The molecule has 0 saturated carbocycles. The smallest absolute Gasteiger partial charge is 0.278 e. The topological polar surface area (TPSA) is 169 Å². The number of carbonyl (C=O) groups excluding carboxylic acids is 3. The number of aromatic nitrogens is 3. The Balaban J connectivity index is 0.810. The van der Waals surface area contributed by atoms with Gasteiger partial charge in [-0.1, -0.05) is 37.3 Å². The molecule has 300 valence electrons. The monoisotopic (exact) mass is 784 g/mol. The van der Waals surface area contributed by atoms with E-state index in [0.717, 1.165) is 68.1 Å². The molecule has 2 saturated heterocycles. The largest absolute Gasteiger partial charge is 0.384 e. The van der Waals surface area contributed by atoms with E-state index < -0.39 is 23.8 Å². The molecule has 0 bridgehead atoms. The average Bonchev–Trinajstić information content (AvgIpc) is 3.85. The van der Waals surface area contributed by atoms with E-state index in [9.17, 15) is 24.3 Å². The molecule has 1 aliphatic carbocycles. The van der Waals surface area contributed by atoms with Gasteiger partial charge in [-0.15, -0.1) is 6.58 Å². The van der Waals surface area contributed by atoms with Crippen LogP contribution in [0.25, 0.3) is 5.82 Å². The number of anilines is 3. The maximum atomic E-state index is 13.5. The Morgan fingerprint density at radius 3 is 2.59 bits per heavy atom. The molecule has 4 aromatic rings. The Morgan fingerprint density at radius 2 is 1.83 bits per heavy atom. The molecule has 3 atom stereocenters. The second-order valence-corrected chi connectivity index (χ2v) is 15.8. The molecule has 2 fully saturated rings. The van der Waals surface area contributed by atoms with Crippen molar-refractivity contribution in [3.05, 3.63) is 111 Å². The molecule has 2 unspecified atom stereocenters. The molecule has 5 aliphatic rings. The maximum Gasteiger partial charge on any atom is 0.278 e. The van der Waals surface area contributed by atoms with Gasteiger partial charge < -0.3 is 25.5 Å². The fourth-order valence-corrected chi connectivity index (χ4v) is 9.03. The van der Waals surface area contributed by atoms with Crippen LogP contribution >= 0.6 is 0 Å². The number of fused-ring (bicyclic) bond motifs is 3. The summed E-state index contributed by atoms with van der Waals surface area (Å²) >= 11 is 0. The number of imide groups is 1. The summed E-state index contributed by atoms with van der Waals surface area (Å²) in [6, 6.07) is 17.4. The first-order valence-corrected chi connectivity index (χ1v) is 20.2. The zero-order valence-corrected chi connectivity index (χ0v) is 32.6. The standard InChI is InChI=1S/C43H48N10O5/c1-3-19-52-41(57)31-25-44-42(48-38(31)53(52)35-14-10-28-16-18-43(58,4-2)37(28)46-35)45-29-11-8-27(9-12-29)17-20-49-21-23-50(24-22-49)33-7-5-6-30-32(33)26-51(40(30)56)34-13-15-36(54)47-39(34)55/h3,5-12,14,25,34,42,45,48,58H,1,4,13,15-24,26H2,2H3,(H,47,54,55)/t34?,42?,43-/m1/s1. The molecule has 4 aliphatic heterocycles.